The number of ether oxygens (including phenoxy) is 2. The highest BCUT2D eigenvalue weighted by Gasteiger charge is 2.36. The predicted molar refractivity (Wildman–Crippen MR) is 141 cm³/mol. The van der Waals surface area contributed by atoms with Gasteiger partial charge in [-0.3, -0.25) is 14.4 Å². The van der Waals surface area contributed by atoms with Gasteiger partial charge in [-0.2, -0.15) is 0 Å². The van der Waals surface area contributed by atoms with Gasteiger partial charge in [0, 0.05) is 5.69 Å². The Kier molecular flexibility index (Phi) is 8.07. The summed E-state index contributed by atoms with van der Waals surface area (Å²) in [6, 6.07) is 17.5. The van der Waals surface area contributed by atoms with E-state index in [-0.39, 0.29) is 16.8 Å². The third kappa shape index (κ3) is 5.95. The van der Waals surface area contributed by atoms with Crippen LogP contribution < -0.4 is 19.7 Å². The number of amides is 3. The highest BCUT2D eigenvalue weighted by atomic mass is 79.9. The second-order valence-corrected chi connectivity index (χ2v) is 9.31. The fourth-order valence-corrected chi connectivity index (χ4v) is 4.78. The minimum Gasteiger partial charge on any atom is -0.490 e. The summed E-state index contributed by atoms with van der Waals surface area (Å²) in [6.45, 7) is 1.82. The SMILES string of the molecule is CCOc1cc(/C=C2/SC(=O)N(c3ccccc3)C2=O)cc(Br)c1OCC(=O)Nc1ccc(F)cc1. The largest absolute Gasteiger partial charge is 0.490 e. The Bertz CT molecular complexity index is 1330. The van der Waals surface area contributed by atoms with Crippen molar-refractivity contribution in [2.45, 2.75) is 6.92 Å². The van der Waals surface area contributed by atoms with E-state index in [2.05, 4.69) is 21.2 Å². The van der Waals surface area contributed by atoms with Crippen LogP contribution in [0.4, 0.5) is 20.6 Å². The highest BCUT2D eigenvalue weighted by Crippen LogP contribution is 2.40. The van der Waals surface area contributed by atoms with Gasteiger partial charge in [-0.05, 0) is 94.8 Å². The van der Waals surface area contributed by atoms with E-state index in [4.69, 9.17) is 9.47 Å². The number of halogens is 2. The van der Waals surface area contributed by atoms with E-state index >= 15 is 0 Å². The van der Waals surface area contributed by atoms with Crippen molar-refractivity contribution >= 4 is 62.2 Å². The molecule has 4 rings (SSSR count). The third-order valence-electron chi connectivity index (χ3n) is 4.91. The molecular formula is C26H20BrFN2O5S. The number of benzene rings is 3. The van der Waals surface area contributed by atoms with Crippen LogP contribution in [0, 0.1) is 5.82 Å². The molecule has 10 heteroatoms. The average Bonchev–Trinajstić information content (AvgIpc) is 3.13. The van der Waals surface area contributed by atoms with Gasteiger partial charge in [0.15, 0.2) is 18.1 Å². The molecule has 1 aliphatic heterocycles. The summed E-state index contributed by atoms with van der Waals surface area (Å²) in [4.78, 5) is 39.1. The maximum absolute atomic E-state index is 13.1. The summed E-state index contributed by atoms with van der Waals surface area (Å²) in [5.41, 5.74) is 1.54. The predicted octanol–water partition coefficient (Wildman–Crippen LogP) is 6.25. The second kappa shape index (κ2) is 11.4. The molecule has 0 atom stereocenters. The van der Waals surface area contributed by atoms with E-state index in [0.29, 0.717) is 39.5 Å². The molecule has 7 nitrogen and oxygen atoms in total. The number of para-hydroxylation sites is 1. The van der Waals surface area contributed by atoms with E-state index < -0.39 is 17.6 Å². The number of nitrogens with one attached hydrogen (secondary N) is 1. The normalized spacial score (nSPS) is 14.3. The first-order valence-corrected chi connectivity index (χ1v) is 12.4. The van der Waals surface area contributed by atoms with Crippen LogP contribution in [-0.2, 0) is 9.59 Å². The minimum absolute atomic E-state index is 0.269. The Hall–Kier alpha value is -3.63. The summed E-state index contributed by atoms with van der Waals surface area (Å²) in [6.07, 6.45) is 1.60. The van der Waals surface area contributed by atoms with Crippen LogP contribution in [0.15, 0.2) is 76.1 Å². The fourth-order valence-electron chi connectivity index (χ4n) is 3.36. The number of hydrogen-bond donors (Lipinski definition) is 1. The molecule has 3 amide bonds. The highest BCUT2D eigenvalue weighted by molar-refractivity contribution is 9.10. The van der Waals surface area contributed by atoms with Crippen LogP contribution in [0.25, 0.3) is 6.08 Å². The third-order valence-corrected chi connectivity index (χ3v) is 6.37. The fraction of sp³-hybridized carbons (Fsp3) is 0.115. The van der Waals surface area contributed by atoms with Crippen LogP contribution in [0.5, 0.6) is 11.5 Å². The van der Waals surface area contributed by atoms with Crippen molar-refractivity contribution in [2.24, 2.45) is 0 Å². The van der Waals surface area contributed by atoms with Gasteiger partial charge in [0.2, 0.25) is 0 Å². The zero-order valence-corrected chi connectivity index (χ0v) is 21.4. The molecule has 3 aromatic carbocycles. The molecule has 3 aromatic rings. The van der Waals surface area contributed by atoms with Gasteiger partial charge in [0.1, 0.15) is 5.82 Å². The Morgan fingerprint density at radius 3 is 2.50 bits per heavy atom. The molecule has 1 aliphatic rings. The first-order valence-electron chi connectivity index (χ1n) is 10.8. The molecule has 1 heterocycles. The van der Waals surface area contributed by atoms with Crippen molar-refractivity contribution in [3.05, 3.63) is 87.5 Å². The molecule has 0 unspecified atom stereocenters. The second-order valence-electron chi connectivity index (χ2n) is 7.46. The van der Waals surface area contributed by atoms with E-state index in [1.807, 2.05) is 0 Å². The molecule has 0 aromatic heterocycles. The number of thioether (sulfide) groups is 1. The van der Waals surface area contributed by atoms with E-state index in [1.54, 1.807) is 55.5 Å². The molecule has 0 saturated carbocycles. The number of carbonyl (C=O) groups excluding carboxylic acids is 3. The Morgan fingerprint density at radius 2 is 1.81 bits per heavy atom. The smallest absolute Gasteiger partial charge is 0.298 e. The Balaban J connectivity index is 1.51. The standard InChI is InChI=1S/C26H20BrFN2O5S/c1-2-34-21-13-16(14-22-25(32)30(26(33)36-22)19-6-4-3-5-7-19)12-20(27)24(21)35-15-23(31)29-18-10-8-17(28)9-11-18/h3-14H,2,15H2,1H3,(H,29,31)/b22-14+. The van der Waals surface area contributed by atoms with E-state index in [1.165, 1.54) is 24.3 Å². The molecule has 1 saturated heterocycles. The number of rotatable bonds is 8. The zero-order valence-electron chi connectivity index (χ0n) is 19.0. The molecule has 0 spiro atoms. The van der Waals surface area contributed by atoms with Gasteiger partial charge >= 0.3 is 0 Å². The Labute approximate surface area is 219 Å². The van der Waals surface area contributed by atoms with Crippen LogP contribution in [0.3, 0.4) is 0 Å². The van der Waals surface area contributed by atoms with Crippen molar-refractivity contribution in [2.75, 3.05) is 23.4 Å². The van der Waals surface area contributed by atoms with Crippen molar-refractivity contribution in [1.82, 2.24) is 0 Å². The summed E-state index contributed by atoms with van der Waals surface area (Å²) >= 11 is 4.29. The lowest BCUT2D eigenvalue weighted by molar-refractivity contribution is -0.118. The summed E-state index contributed by atoms with van der Waals surface area (Å²) < 4.78 is 25.0. The van der Waals surface area contributed by atoms with E-state index in [0.717, 1.165) is 16.7 Å². The maximum Gasteiger partial charge on any atom is 0.298 e. The lowest BCUT2D eigenvalue weighted by atomic mass is 10.1. The number of carbonyl (C=O) groups is 3. The molecule has 0 radical (unpaired) electrons. The lowest BCUT2D eigenvalue weighted by Crippen LogP contribution is -2.27. The molecule has 1 fully saturated rings. The molecule has 1 N–H and O–H groups in total. The number of imide groups is 1. The van der Waals surface area contributed by atoms with Crippen molar-refractivity contribution in [3.63, 3.8) is 0 Å². The Morgan fingerprint density at radius 1 is 1.08 bits per heavy atom. The monoisotopic (exact) mass is 570 g/mol. The molecule has 0 bridgehead atoms. The molecule has 36 heavy (non-hydrogen) atoms. The molecule has 0 aliphatic carbocycles. The van der Waals surface area contributed by atoms with Gasteiger partial charge in [-0.1, -0.05) is 18.2 Å². The molecular weight excluding hydrogens is 551 g/mol. The first-order chi connectivity index (χ1) is 17.4. The topological polar surface area (TPSA) is 84.9 Å². The lowest BCUT2D eigenvalue weighted by Gasteiger charge is -2.15. The summed E-state index contributed by atoms with van der Waals surface area (Å²) in [7, 11) is 0. The van der Waals surface area contributed by atoms with Gasteiger partial charge in [-0.15, -0.1) is 0 Å². The van der Waals surface area contributed by atoms with Crippen molar-refractivity contribution in [1.29, 1.82) is 0 Å². The molecule has 184 valence electrons. The quantitative estimate of drug-likeness (QED) is 0.322. The maximum atomic E-state index is 13.1. The van der Waals surface area contributed by atoms with Crippen molar-refractivity contribution < 1.29 is 28.2 Å². The minimum atomic E-state index is -0.436. The van der Waals surface area contributed by atoms with Crippen LogP contribution in [-0.4, -0.2) is 30.3 Å². The zero-order chi connectivity index (χ0) is 25.7. The first kappa shape index (κ1) is 25.5. The van der Waals surface area contributed by atoms with Crippen LogP contribution in [0.1, 0.15) is 12.5 Å². The van der Waals surface area contributed by atoms with Crippen LogP contribution in [0.2, 0.25) is 0 Å². The number of anilines is 2. The average molecular weight is 571 g/mol. The van der Waals surface area contributed by atoms with Gasteiger partial charge in [-0.25, -0.2) is 9.29 Å². The summed E-state index contributed by atoms with van der Waals surface area (Å²) in [5, 5.41) is 2.24. The van der Waals surface area contributed by atoms with Gasteiger partial charge < -0.3 is 14.8 Å². The van der Waals surface area contributed by atoms with Gasteiger partial charge in [0.05, 0.1) is 21.7 Å². The number of hydrogen-bond acceptors (Lipinski definition) is 6. The summed E-state index contributed by atoms with van der Waals surface area (Å²) in [5.74, 6) is -0.590. The van der Waals surface area contributed by atoms with E-state index in [9.17, 15) is 18.8 Å². The van der Waals surface area contributed by atoms with Gasteiger partial charge in [0.25, 0.3) is 17.1 Å². The van der Waals surface area contributed by atoms with Crippen LogP contribution >= 0.6 is 27.7 Å². The van der Waals surface area contributed by atoms with Crippen molar-refractivity contribution in [3.8, 4) is 11.5 Å². The number of nitrogens with zero attached hydrogens (tertiary/aromatic N) is 1.